The number of carboxylic acids is 1. The second-order valence-electron chi connectivity index (χ2n) is 4.77. The summed E-state index contributed by atoms with van der Waals surface area (Å²) < 4.78 is 4.90. The third kappa shape index (κ3) is 3.30. The summed E-state index contributed by atoms with van der Waals surface area (Å²) in [7, 11) is 0. The highest BCUT2D eigenvalue weighted by molar-refractivity contribution is 5.88. The molecule has 0 saturated heterocycles. The molecule has 1 fully saturated rings. The van der Waals surface area contributed by atoms with Crippen molar-refractivity contribution in [3.05, 3.63) is 17.5 Å². The van der Waals surface area contributed by atoms with Gasteiger partial charge in [-0.05, 0) is 38.1 Å². The number of aliphatic hydroxyl groups is 1. The Kier molecular flexibility index (Phi) is 4.33. The molecular weight excluding hydrogens is 236 g/mol. The first-order valence-electron chi connectivity index (χ1n) is 6.22. The normalized spacial score (nSPS) is 24.1. The van der Waals surface area contributed by atoms with Crippen molar-refractivity contribution in [2.45, 2.75) is 38.3 Å². The smallest absolute Gasteiger partial charge is 0.341 e. The van der Waals surface area contributed by atoms with E-state index in [0.29, 0.717) is 18.2 Å². The largest absolute Gasteiger partial charge is 0.478 e. The average Bonchev–Trinajstić information content (AvgIpc) is 2.80. The molecule has 0 aromatic carbocycles. The Balaban J connectivity index is 1.75. The maximum Gasteiger partial charge on any atom is 0.341 e. The number of nitrogens with zero attached hydrogens (tertiary/aromatic N) is 1. The van der Waals surface area contributed by atoms with Gasteiger partial charge in [0.05, 0.1) is 18.8 Å². The van der Waals surface area contributed by atoms with E-state index < -0.39 is 5.97 Å². The summed E-state index contributed by atoms with van der Waals surface area (Å²) in [6.07, 6.45) is 4.81. The van der Waals surface area contributed by atoms with Gasteiger partial charge in [-0.2, -0.15) is 0 Å². The van der Waals surface area contributed by atoms with Crippen LogP contribution in [0, 0.1) is 5.92 Å². The first-order chi connectivity index (χ1) is 8.66. The van der Waals surface area contributed by atoms with Crippen molar-refractivity contribution in [2.75, 3.05) is 6.54 Å². The molecule has 2 rings (SSSR count). The molecule has 0 amide bonds. The van der Waals surface area contributed by atoms with E-state index in [-0.39, 0.29) is 11.7 Å². The quantitative estimate of drug-likeness (QED) is 0.726. The highest BCUT2D eigenvalue weighted by Crippen LogP contribution is 2.23. The number of aromatic nitrogens is 1. The van der Waals surface area contributed by atoms with Crippen molar-refractivity contribution >= 4 is 5.97 Å². The molecule has 0 aliphatic heterocycles. The number of aromatic carboxylic acids is 1. The SMILES string of the molecule is O=C(O)c1cnoc1CNCC1CCC(O)CC1. The fourth-order valence-electron chi connectivity index (χ4n) is 2.30. The Morgan fingerprint density at radius 2 is 2.17 bits per heavy atom. The first-order valence-corrected chi connectivity index (χ1v) is 6.22. The van der Waals surface area contributed by atoms with Crippen LogP contribution in [0.4, 0.5) is 0 Å². The van der Waals surface area contributed by atoms with Crippen molar-refractivity contribution < 1.29 is 19.5 Å². The Morgan fingerprint density at radius 1 is 1.44 bits per heavy atom. The number of hydrogen-bond acceptors (Lipinski definition) is 5. The van der Waals surface area contributed by atoms with Gasteiger partial charge in [-0.25, -0.2) is 4.79 Å². The summed E-state index contributed by atoms with van der Waals surface area (Å²) >= 11 is 0. The van der Waals surface area contributed by atoms with Crippen LogP contribution in [0.25, 0.3) is 0 Å². The van der Waals surface area contributed by atoms with Crippen molar-refractivity contribution in [2.24, 2.45) is 5.92 Å². The molecule has 1 aromatic rings. The average molecular weight is 254 g/mol. The van der Waals surface area contributed by atoms with Crippen molar-refractivity contribution in [1.82, 2.24) is 10.5 Å². The number of rotatable bonds is 5. The zero-order valence-corrected chi connectivity index (χ0v) is 10.1. The molecule has 0 spiro atoms. The minimum Gasteiger partial charge on any atom is -0.478 e. The van der Waals surface area contributed by atoms with Crippen LogP contribution in [0.2, 0.25) is 0 Å². The van der Waals surface area contributed by atoms with Gasteiger partial charge in [0.25, 0.3) is 0 Å². The van der Waals surface area contributed by atoms with Gasteiger partial charge in [0, 0.05) is 0 Å². The fourth-order valence-corrected chi connectivity index (χ4v) is 2.30. The van der Waals surface area contributed by atoms with E-state index in [2.05, 4.69) is 10.5 Å². The van der Waals surface area contributed by atoms with Crippen LogP contribution in [-0.4, -0.2) is 34.0 Å². The molecule has 100 valence electrons. The first kappa shape index (κ1) is 13.0. The van der Waals surface area contributed by atoms with E-state index >= 15 is 0 Å². The highest BCUT2D eigenvalue weighted by atomic mass is 16.5. The van der Waals surface area contributed by atoms with E-state index in [4.69, 9.17) is 9.63 Å². The summed E-state index contributed by atoms with van der Waals surface area (Å²) in [5, 5.41) is 24.9. The molecule has 0 bridgehead atoms. The zero-order valence-electron chi connectivity index (χ0n) is 10.1. The Morgan fingerprint density at radius 3 is 2.83 bits per heavy atom. The highest BCUT2D eigenvalue weighted by Gasteiger charge is 2.20. The van der Waals surface area contributed by atoms with Crippen LogP contribution in [0.1, 0.15) is 41.8 Å². The van der Waals surface area contributed by atoms with Crippen molar-refractivity contribution in [3.63, 3.8) is 0 Å². The van der Waals surface area contributed by atoms with Crippen LogP contribution in [0.3, 0.4) is 0 Å². The summed E-state index contributed by atoms with van der Waals surface area (Å²) in [6.45, 7) is 1.19. The minimum atomic E-state index is -1.02. The lowest BCUT2D eigenvalue weighted by Crippen LogP contribution is -2.28. The Labute approximate surface area is 105 Å². The van der Waals surface area contributed by atoms with Gasteiger partial charge in [-0.3, -0.25) is 0 Å². The molecule has 18 heavy (non-hydrogen) atoms. The van der Waals surface area contributed by atoms with Gasteiger partial charge in [0.2, 0.25) is 0 Å². The summed E-state index contributed by atoms with van der Waals surface area (Å²) in [6, 6.07) is 0. The van der Waals surface area contributed by atoms with Crippen LogP contribution in [0.5, 0.6) is 0 Å². The van der Waals surface area contributed by atoms with Crippen LogP contribution in [-0.2, 0) is 6.54 Å². The number of carboxylic acid groups (broad SMARTS) is 1. The molecule has 0 radical (unpaired) electrons. The third-order valence-corrected chi connectivity index (χ3v) is 3.41. The van der Waals surface area contributed by atoms with Crippen molar-refractivity contribution in [3.8, 4) is 0 Å². The lowest BCUT2D eigenvalue weighted by Gasteiger charge is -2.25. The molecule has 1 saturated carbocycles. The second-order valence-corrected chi connectivity index (χ2v) is 4.77. The number of hydrogen-bond donors (Lipinski definition) is 3. The molecule has 0 unspecified atom stereocenters. The van der Waals surface area contributed by atoms with Crippen LogP contribution >= 0.6 is 0 Å². The second kappa shape index (κ2) is 5.97. The predicted molar refractivity (Wildman–Crippen MR) is 63.1 cm³/mol. The third-order valence-electron chi connectivity index (χ3n) is 3.41. The maximum atomic E-state index is 10.8. The van der Waals surface area contributed by atoms with Gasteiger partial charge >= 0.3 is 5.97 Å². The van der Waals surface area contributed by atoms with Gasteiger partial charge in [-0.15, -0.1) is 0 Å². The van der Waals surface area contributed by atoms with Crippen LogP contribution in [0.15, 0.2) is 10.7 Å². The molecule has 1 aliphatic carbocycles. The lowest BCUT2D eigenvalue weighted by atomic mass is 9.87. The molecule has 3 N–H and O–H groups in total. The van der Waals surface area contributed by atoms with Gasteiger partial charge in [0.15, 0.2) is 5.76 Å². The topological polar surface area (TPSA) is 95.6 Å². The minimum absolute atomic E-state index is 0.113. The molecule has 6 heteroatoms. The molecule has 6 nitrogen and oxygen atoms in total. The van der Waals surface area contributed by atoms with Gasteiger partial charge in [-0.1, -0.05) is 5.16 Å². The van der Waals surface area contributed by atoms with E-state index in [9.17, 15) is 9.90 Å². The van der Waals surface area contributed by atoms with Crippen molar-refractivity contribution in [1.29, 1.82) is 0 Å². The van der Waals surface area contributed by atoms with E-state index in [0.717, 1.165) is 32.2 Å². The molecule has 1 aromatic heterocycles. The molecule has 0 atom stereocenters. The monoisotopic (exact) mass is 254 g/mol. The summed E-state index contributed by atoms with van der Waals surface area (Å²) in [4.78, 5) is 10.8. The van der Waals surface area contributed by atoms with Gasteiger partial charge in [0.1, 0.15) is 5.56 Å². The standard InChI is InChI=1S/C12H18N2O4/c15-9-3-1-8(2-4-9)5-13-7-11-10(12(16)17)6-14-18-11/h6,8-9,13,15H,1-5,7H2,(H,16,17). The molecule has 1 aliphatic rings. The summed E-state index contributed by atoms with van der Waals surface area (Å²) in [5.41, 5.74) is 0.113. The summed E-state index contributed by atoms with van der Waals surface area (Å²) in [5.74, 6) is -0.114. The molecular formula is C12H18N2O4. The molecule has 1 heterocycles. The maximum absolute atomic E-state index is 10.8. The number of aliphatic hydroxyl groups excluding tert-OH is 1. The number of carbonyl (C=O) groups is 1. The number of nitrogens with one attached hydrogen (secondary N) is 1. The zero-order chi connectivity index (χ0) is 13.0. The van der Waals surface area contributed by atoms with Gasteiger partial charge < -0.3 is 20.1 Å². The fraction of sp³-hybridized carbons (Fsp3) is 0.667. The Hall–Kier alpha value is -1.40. The van der Waals surface area contributed by atoms with Crippen LogP contribution < -0.4 is 5.32 Å². The lowest BCUT2D eigenvalue weighted by molar-refractivity contribution is 0.0694. The van der Waals surface area contributed by atoms with E-state index in [1.165, 1.54) is 6.20 Å². The Bertz CT molecular complexity index is 397. The van der Waals surface area contributed by atoms with E-state index in [1.807, 2.05) is 0 Å². The van der Waals surface area contributed by atoms with E-state index in [1.54, 1.807) is 0 Å². The predicted octanol–water partition coefficient (Wildman–Crippen LogP) is 1.01.